The van der Waals surface area contributed by atoms with Gasteiger partial charge in [-0.25, -0.2) is 15.0 Å². The molecule has 0 amide bonds. The number of amidine groups is 1. The third-order valence-corrected chi connectivity index (χ3v) is 6.41. The second-order valence-electron chi connectivity index (χ2n) is 8.10. The van der Waals surface area contributed by atoms with Crippen molar-refractivity contribution in [3.63, 3.8) is 0 Å². The van der Waals surface area contributed by atoms with Crippen molar-refractivity contribution in [1.82, 2.24) is 10.2 Å². The van der Waals surface area contributed by atoms with Gasteiger partial charge in [0.1, 0.15) is 24.4 Å². The summed E-state index contributed by atoms with van der Waals surface area (Å²) in [5.74, 6) is 0.441. The zero-order valence-electron chi connectivity index (χ0n) is 16.2. The maximum atomic E-state index is 11.4. The number of aliphatic imine (C=N–C) groups is 3. The Balaban J connectivity index is 1.48. The van der Waals surface area contributed by atoms with E-state index in [-0.39, 0.29) is 13.0 Å². The molecular formula is C20H25N5O4S. The van der Waals surface area contributed by atoms with Gasteiger partial charge in [0.15, 0.2) is 12.1 Å². The van der Waals surface area contributed by atoms with Crippen LogP contribution >= 0.6 is 12.6 Å². The van der Waals surface area contributed by atoms with E-state index in [4.69, 9.17) is 9.73 Å². The Hall–Kier alpha value is -1.82. The predicted octanol–water partition coefficient (Wildman–Crippen LogP) is -0.473. The van der Waals surface area contributed by atoms with Gasteiger partial charge in [-0.05, 0) is 18.4 Å². The monoisotopic (exact) mass is 431 g/mol. The SMILES string of the molecule is OC[C@H]1O[C@@H](N2C3=NC=NC(O)(Cc4ccccc4)C3=NC2NC2CC2)[C@H](S)[C@@H]1O. The third-order valence-electron chi connectivity index (χ3n) is 5.85. The van der Waals surface area contributed by atoms with Gasteiger partial charge in [-0.1, -0.05) is 30.3 Å². The molecule has 5 rings (SSSR count). The van der Waals surface area contributed by atoms with E-state index in [2.05, 4.69) is 27.9 Å². The molecule has 1 aromatic rings. The summed E-state index contributed by atoms with van der Waals surface area (Å²) >= 11 is 4.54. The van der Waals surface area contributed by atoms with Crippen molar-refractivity contribution in [2.45, 2.75) is 61.0 Å². The van der Waals surface area contributed by atoms with E-state index in [0.29, 0.717) is 17.6 Å². The van der Waals surface area contributed by atoms with Crippen LogP contribution in [0.1, 0.15) is 18.4 Å². The maximum Gasteiger partial charge on any atom is 0.208 e. The largest absolute Gasteiger partial charge is 0.394 e. The van der Waals surface area contributed by atoms with Crippen LogP contribution in [0.2, 0.25) is 0 Å². The Morgan fingerprint density at radius 1 is 1.27 bits per heavy atom. The van der Waals surface area contributed by atoms with Crippen LogP contribution in [0.3, 0.4) is 0 Å². The van der Waals surface area contributed by atoms with Crippen LogP contribution < -0.4 is 5.32 Å². The second-order valence-corrected chi connectivity index (χ2v) is 8.70. The van der Waals surface area contributed by atoms with Crippen LogP contribution in [0.15, 0.2) is 45.3 Å². The normalized spacial score (nSPS) is 37.9. The summed E-state index contributed by atoms with van der Waals surface area (Å²) in [5, 5.41) is 34.2. The van der Waals surface area contributed by atoms with E-state index >= 15 is 0 Å². The molecule has 4 aliphatic rings. The van der Waals surface area contributed by atoms with Crippen LogP contribution in [0.4, 0.5) is 0 Å². The Labute approximate surface area is 179 Å². The van der Waals surface area contributed by atoms with E-state index in [9.17, 15) is 15.3 Å². The summed E-state index contributed by atoms with van der Waals surface area (Å²) in [6, 6.07) is 9.92. The molecule has 30 heavy (non-hydrogen) atoms. The first-order valence-electron chi connectivity index (χ1n) is 10.1. The first-order chi connectivity index (χ1) is 14.5. The molecule has 10 heteroatoms. The van der Waals surface area contributed by atoms with Crippen LogP contribution in [-0.4, -0.2) is 86.5 Å². The Morgan fingerprint density at radius 2 is 2.03 bits per heavy atom. The number of nitrogens with one attached hydrogen (secondary N) is 1. The molecule has 1 saturated carbocycles. The highest BCUT2D eigenvalue weighted by Crippen LogP contribution is 2.35. The lowest BCUT2D eigenvalue weighted by Crippen LogP contribution is -2.56. The number of hydrogen-bond acceptors (Lipinski definition) is 10. The number of nitrogens with zero attached hydrogens (tertiary/aromatic N) is 4. The van der Waals surface area contributed by atoms with Gasteiger partial charge in [0.25, 0.3) is 0 Å². The average molecular weight is 432 g/mol. The van der Waals surface area contributed by atoms with Gasteiger partial charge in [-0.2, -0.15) is 12.6 Å². The van der Waals surface area contributed by atoms with Crippen LogP contribution in [-0.2, 0) is 11.2 Å². The summed E-state index contributed by atoms with van der Waals surface area (Å²) in [6.07, 6.45) is 0.799. The molecule has 0 spiro atoms. The van der Waals surface area contributed by atoms with Gasteiger partial charge in [-0.15, -0.1) is 0 Å². The summed E-state index contributed by atoms with van der Waals surface area (Å²) in [5.41, 5.74) is -0.277. The van der Waals surface area contributed by atoms with E-state index in [0.717, 1.165) is 18.4 Å². The molecule has 6 atom stereocenters. The summed E-state index contributed by atoms with van der Waals surface area (Å²) < 4.78 is 5.92. The van der Waals surface area contributed by atoms with Gasteiger partial charge in [-0.3, -0.25) is 10.2 Å². The lowest BCUT2D eigenvalue weighted by molar-refractivity contribution is -0.0669. The quantitative estimate of drug-likeness (QED) is 0.388. The summed E-state index contributed by atoms with van der Waals surface area (Å²) in [6.45, 7) is -0.317. The number of thiol groups is 1. The maximum absolute atomic E-state index is 11.4. The van der Waals surface area contributed by atoms with Crippen molar-refractivity contribution in [3.8, 4) is 0 Å². The molecular weight excluding hydrogens is 406 g/mol. The van der Waals surface area contributed by atoms with Crippen LogP contribution in [0.5, 0.6) is 0 Å². The Bertz CT molecular complexity index is 892. The highest BCUT2D eigenvalue weighted by molar-refractivity contribution is 7.81. The van der Waals surface area contributed by atoms with Gasteiger partial charge in [0.2, 0.25) is 5.72 Å². The first kappa shape index (κ1) is 20.1. The number of aliphatic hydroxyl groups is 3. The average Bonchev–Trinajstić information content (AvgIpc) is 3.42. The molecule has 0 bridgehead atoms. The number of hydrogen-bond donors (Lipinski definition) is 5. The van der Waals surface area contributed by atoms with Crippen molar-refractivity contribution in [2.24, 2.45) is 15.0 Å². The molecule has 3 aliphatic heterocycles. The fourth-order valence-electron chi connectivity index (χ4n) is 4.09. The van der Waals surface area contributed by atoms with E-state index in [1.807, 2.05) is 30.3 Å². The van der Waals surface area contributed by atoms with Crippen molar-refractivity contribution < 1.29 is 20.1 Å². The molecule has 0 aromatic heterocycles. The Kier molecular flexibility index (Phi) is 5.16. The Morgan fingerprint density at radius 3 is 2.70 bits per heavy atom. The zero-order chi connectivity index (χ0) is 20.9. The number of aliphatic hydroxyl groups excluding tert-OH is 2. The molecule has 9 nitrogen and oxygen atoms in total. The summed E-state index contributed by atoms with van der Waals surface area (Å²) in [4.78, 5) is 15.2. The van der Waals surface area contributed by atoms with Crippen LogP contribution in [0, 0.1) is 0 Å². The third kappa shape index (κ3) is 3.47. The molecule has 160 valence electrons. The minimum absolute atomic E-state index is 0.254. The number of ether oxygens (including phenoxy) is 1. The molecule has 1 saturated heterocycles. The number of fused-ring (bicyclic) bond motifs is 1. The predicted molar refractivity (Wildman–Crippen MR) is 115 cm³/mol. The topological polar surface area (TPSA) is 122 Å². The van der Waals surface area contributed by atoms with Crippen molar-refractivity contribution in [2.75, 3.05) is 6.61 Å². The highest BCUT2D eigenvalue weighted by atomic mass is 32.1. The lowest BCUT2D eigenvalue weighted by Gasteiger charge is -2.35. The molecule has 1 aromatic carbocycles. The second kappa shape index (κ2) is 7.70. The molecule has 3 heterocycles. The van der Waals surface area contributed by atoms with E-state index in [1.54, 1.807) is 4.90 Å². The molecule has 1 aliphatic carbocycles. The number of benzene rings is 1. The minimum atomic E-state index is -1.56. The fourth-order valence-corrected chi connectivity index (χ4v) is 4.49. The number of rotatable bonds is 6. The zero-order valence-corrected chi connectivity index (χ0v) is 17.1. The standard InChI is InChI=1S/C20H25N5O4S/c26-9-13-14(27)15(30)18(29-13)25-17-16(24-19(25)23-12-6-7-12)20(28,22-10-21-17)8-11-4-2-1-3-5-11/h1-5,10,12-15,18-19,23,26-28,30H,6-9H2/t13-,14-,15-,18-,19?,20?/m1/s1. The highest BCUT2D eigenvalue weighted by Gasteiger charge is 2.54. The van der Waals surface area contributed by atoms with Gasteiger partial charge < -0.3 is 20.1 Å². The van der Waals surface area contributed by atoms with Crippen LogP contribution in [0.25, 0.3) is 0 Å². The fraction of sp³-hybridized carbons (Fsp3) is 0.550. The van der Waals surface area contributed by atoms with Crippen molar-refractivity contribution >= 4 is 30.5 Å². The van der Waals surface area contributed by atoms with Crippen molar-refractivity contribution in [3.05, 3.63) is 35.9 Å². The molecule has 0 radical (unpaired) electrons. The van der Waals surface area contributed by atoms with E-state index < -0.39 is 35.7 Å². The first-order valence-corrected chi connectivity index (χ1v) is 10.6. The molecule has 2 unspecified atom stereocenters. The molecule has 4 N–H and O–H groups in total. The minimum Gasteiger partial charge on any atom is -0.394 e. The summed E-state index contributed by atoms with van der Waals surface area (Å²) in [7, 11) is 0. The van der Waals surface area contributed by atoms with Gasteiger partial charge >= 0.3 is 0 Å². The lowest BCUT2D eigenvalue weighted by atomic mass is 9.97. The molecule has 2 fully saturated rings. The smallest absolute Gasteiger partial charge is 0.208 e. The van der Waals surface area contributed by atoms with E-state index in [1.165, 1.54) is 6.34 Å². The van der Waals surface area contributed by atoms with Gasteiger partial charge in [0, 0.05) is 12.5 Å². The van der Waals surface area contributed by atoms with Gasteiger partial charge in [0.05, 0.1) is 18.0 Å². The van der Waals surface area contributed by atoms with Crippen molar-refractivity contribution in [1.29, 1.82) is 0 Å².